The van der Waals surface area contributed by atoms with Gasteiger partial charge in [0.2, 0.25) is 5.69 Å². The Morgan fingerprint density at radius 1 is 1.11 bits per heavy atom. The molecule has 8 nitrogen and oxygen atoms in total. The molecule has 1 aromatic carbocycles. The highest BCUT2D eigenvalue weighted by Crippen LogP contribution is 2.24. The summed E-state index contributed by atoms with van der Waals surface area (Å²) >= 11 is 0. The molecule has 2 aromatic rings. The van der Waals surface area contributed by atoms with Crippen LogP contribution in [0.5, 0.6) is 11.6 Å². The van der Waals surface area contributed by atoms with Crippen LogP contribution in [-0.2, 0) is 4.79 Å². The first-order valence-corrected chi connectivity index (χ1v) is 9.02. The summed E-state index contributed by atoms with van der Waals surface area (Å²) in [5.74, 6) is 0.0896. The molecule has 1 N–H and O–H groups in total. The van der Waals surface area contributed by atoms with Crippen molar-refractivity contribution in [2.24, 2.45) is 0 Å². The van der Waals surface area contributed by atoms with Crippen LogP contribution in [0.2, 0.25) is 0 Å². The average Bonchev–Trinajstić information content (AvgIpc) is 2.70. The number of rotatable bonds is 5. The third-order valence-corrected chi connectivity index (χ3v) is 4.44. The minimum Gasteiger partial charge on any atom is -0.472 e. The second-order valence-corrected chi connectivity index (χ2v) is 6.50. The Hall–Kier alpha value is -3.47. The average molecular weight is 380 g/mol. The van der Waals surface area contributed by atoms with Gasteiger partial charge in [0.25, 0.3) is 11.8 Å². The van der Waals surface area contributed by atoms with Gasteiger partial charge in [-0.25, -0.2) is 9.97 Å². The van der Waals surface area contributed by atoms with Crippen molar-refractivity contribution in [3.05, 3.63) is 47.9 Å². The molecule has 1 aliphatic carbocycles. The minimum atomic E-state index is -0.403. The van der Waals surface area contributed by atoms with Gasteiger partial charge in [-0.3, -0.25) is 9.59 Å². The zero-order valence-electron chi connectivity index (χ0n) is 15.4. The van der Waals surface area contributed by atoms with Crippen LogP contribution < -0.4 is 14.8 Å². The second-order valence-electron chi connectivity index (χ2n) is 6.50. The maximum atomic E-state index is 12.4. The lowest BCUT2D eigenvalue weighted by Gasteiger charge is -2.29. The van der Waals surface area contributed by atoms with Gasteiger partial charge in [0.15, 0.2) is 0 Å². The zero-order valence-corrected chi connectivity index (χ0v) is 15.4. The summed E-state index contributed by atoms with van der Waals surface area (Å²) in [5.41, 5.74) is 0.683. The molecule has 0 saturated heterocycles. The largest absolute Gasteiger partial charge is 0.472 e. The number of carbonyl (C=O) groups is 2. The molecule has 1 heterocycles. The molecule has 1 aromatic heterocycles. The molecule has 1 aliphatic rings. The fraction of sp³-hybridized carbons (Fsp3) is 0.350. The van der Waals surface area contributed by atoms with Crippen LogP contribution in [0, 0.1) is 11.3 Å². The summed E-state index contributed by atoms with van der Waals surface area (Å²) in [6.45, 7) is 1.33. The van der Waals surface area contributed by atoms with E-state index in [4.69, 9.17) is 14.7 Å². The molecular formula is C20H20N4O4. The van der Waals surface area contributed by atoms with Crippen LogP contribution in [0.1, 0.15) is 48.7 Å². The Bertz CT molecular complexity index is 884. The van der Waals surface area contributed by atoms with Crippen molar-refractivity contribution in [1.29, 1.82) is 5.26 Å². The van der Waals surface area contributed by atoms with Gasteiger partial charge in [-0.15, -0.1) is 0 Å². The summed E-state index contributed by atoms with van der Waals surface area (Å²) in [6, 6.07) is 8.46. The van der Waals surface area contributed by atoms with Crippen molar-refractivity contribution < 1.29 is 19.1 Å². The number of carbonyl (C=O) groups excluding carboxylic acids is 2. The van der Waals surface area contributed by atoms with E-state index >= 15 is 0 Å². The van der Waals surface area contributed by atoms with Gasteiger partial charge in [0.05, 0.1) is 0 Å². The number of aromatic nitrogens is 2. The molecule has 144 valence electrons. The first-order valence-electron chi connectivity index (χ1n) is 9.02. The third kappa shape index (κ3) is 5.04. The maximum absolute atomic E-state index is 12.4. The molecule has 0 aliphatic heterocycles. The lowest BCUT2D eigenvalue weighted by atomic mass is 9.92. The Labute approximate surface area is 162 Å². The van der Waals surface area contributed by atoms with E-state index < -0.39 is 5.97 Å². The van der Waals surface area contributed by atoms with Crippen molar-refractivity contribution in [3.63, 3.8) is 0 Å². The predicted octanol–water partition coefficient (Wildman–Crippen LogP) is 2.39. The highest BCUT2D eigenvalue weighted by Gasteiger charge is 2.25. The number of esters is 1. The summed E-state index contributed by atoms with van der Waals surface area (Å²) in [4.78, 5) is 31.3. The lowest BCUT2D eigenvalue weighted by molar-refractivity contribution is -0.131. The number of ether oxygens (including phenoxy) is 2. The number of hydrogen-bond donors (Lipinski definition) is 1. The smallest absolute Gasteiger partial charge is 0.308 e. The second kappa shape index (κ2) is 8.95. The van der Waals surface area contributed by atoms with Gasteiger partial charge in [-0.1, -0.05) is 0 Å². The standard InChI is InChI=1S/C20H20N4O4/c1-13(25)27-16-6-2-14(3-7-16)19(26)24-15-4-8-17(9-5-15)28-20-18(12-21)22-10-11-23-20/h2-3,6-7,10-11,15,17H,4-5,8-9H2,1H3,(H,24,26). The topological polar surface area (TPSA) is 114 Å². The van der Waals surface area contributed by atoms with E-state index in [1.807, 2.05) is 6.07 Å². The summed E-state index contributed by atoms with van der Waals surface area (Å²) < 4.78 is 10.8. The molecule has 0 atom stereocenters. The fourth-order valence-corrected chi connectivity index (χ4v) is 3.08. The van der Waals surface area contributed by atoms with Crippen molar-refractivity contribution in [1.82, 2.24) is 15.3 Å². The van der Waals surface area contributed by atoms with E-state index in [9.17, 15) is 9.59 Å². The van der Waals surface area contributed by atoms with Gasteiger partial charge in [0, 0.05) is 30.9 Å². The predicted molar refractivity (Wildman–Crippen MR) is 98.6 cm³/mol. The van der Waals surface area contributed by atoms with Crippen LogP contribution in [0.4, 0.5) is 0 Å². The van der Waals surface area contributed by atoms with E-state index in [1.165, 1.54) is 19.3 Å². The molecule has 8 heteroatoms. The van der Waals surface area contributed by atoms with Crippen LogP contribution in [0.3, 0.4) is 0 Å². The first kappa shape index (κ1) is 19.3. The normalized spacial score (nSPS) is 18.6. The Morgan fingerprint density at radius 3 is 2.43 bits per heavy atom. The Morgan fingerprint density at radius 2 is 1.79 bits per heavy atom. The number of amides is 1. The van der Waals surface area contributed by atoms with Crippen LogP contribution >= 0.6 is 0 Å². The molecule has 3 rings (SSSR count). The molecule has 28 heavy (non-hydrogen) atoms. The van der Waals surface area contributed by atoms with Crippen molar-refractivity contribution >= 4 is 11.9 Å². The van der Waals surface area contributed by atoms with E-state index in [2.05, 4.69) is 15.3 Å². The van der Waals surface area contributed by atoms with Crippen molar-refractivity contribution in [2.45, 2.75) is 44.8 Å². The lowest BCUT2D eigenvalue weighted by Crippen LogP contribution is -2.39. The highest BCUT2D eigenvalue weighted by molar-refractivity contribution is 5.94. The van der Waals surface area contributed by atoms with Gasteiger partial charge in [-0.2, -0.15) is 5.26 Å². The third-order valence-electron chi connectivity index (χ3n) is 4.44. The molecule has 0 bridgehead atoms. The maximum Gasteiger partial charge on any atom is 0.308 e. The monoisotopic (exact) mass is 380 g/mol. The van der Waals surface area contributed by atoms with Gasteiger partial charge >= 0.3 is 5.97 Å². The van der Waals surface area contributed by atoms with Crippen molar-refractivity contribution in [3.8, 4) is 17.7 Å². The molecule has 0 radical (unpaired) electrons. The van der Waals surface area contributed by atoms with Gasteiger partial charge in [0.1, 0.15) is 17.9 Å². The highest BCUT2D eigenvalue weighted by atomic mass is 16.5. The molecule has 0 spiro atoms. The Kier molecular flexibility index (Phi) is 6.17. The first-order chi connectivity index (χ1) is 13.5. The fourth-order valence-electron chi connectivity index (χ4n) is 3.08. The van der Waals surface area contributed by atoms with Crippen LogP contribution in [0.25, 0.3) is 0 Å². The number of benzene rings is 1. The SMILES string of the molecule is CC(=O)Oc1ccc(C(=O)NC2CCC(Oc3nccnc3C#N)CC2)cc1. The van der Waals surface area contributed by atoms with Crippen molar-refractivity contribution in [2.75, 3.05) is 0 Å². The molecular weight excluding hydrogens is 360 g/mol. The number of hydrogen-bond acceptors (Lipinski definition) is 7. The minimum absolute atomic E-state index is 0.0535. The van der Waals surface area contributed by atoms with E-state index in [-0.39, 0.29) is 29.6 Å². The molecule has 1 amide bonds. The molecule has 1 fully saturated rings. The number of nitrogens with one attached hydrogen (secondary N) is 1. The van der Waals surface area contributed by atoms with Crippen LogP contribution in [-0.4, -0.2) is 34.0 Å². The van der Waals surface area contributed by atoms with E-state index in [0.29, 0.717) is 11.3 Å². The van der Waals surface area contributed by atoms with E-state index in [1.54, 1.807) is 24.3 Å². The molecule has 0 unspecified atom stereocenters. The summed E-state index contributed by atoms with van der Waals surface area (Å²) in [6.07, 6.45) is 5.93. The number of nitrogens with zero attached hydrogens (tertiary/aromatic N) is 3. The number of nitriles is 1. The van der Waals surface area contributed by atoms with Gasteiger partial charge < -0.3 is 14.8 Å². The Balaban J connectivity index is 1.49. The quantitative estimate of drug-likeness (QED) is 0.626. The van der Waals surface area contributed by atoms with E-state index in [0.717, 1.165) is 25.7 Å². The molecule has 1 saturated carbocycles. The summed E-state index contributed by atoms with van der Waals surface area (Å²) in [7, 11) is 0. The van der Waals surface area contributed by atoms with Crippen LogP contribution in [0.15, 0.2) is 36.7 Å². The zero-order chi connectivity index (χ0) is 19.9. The van der Waals surface area contributed by atoms with Gasteiger partial charge in [-0.05, 0) is 49.9 Å². The summed E-state index contributed by atoms with van der Waals surface area (Å²) in [5, 5.41) is 12.1.